The number of hydrogen-bond acceptors (Lipinski definition) is 4. The van der Waals surface area contributed by atoms with Crippen LogP contribution in [0.3, 0.4) is 0 Å². The van der Waals surface area contributed by atoms with E-state index < -0.39 is 17.3 Å². The summed E-state index contributed by atoms with van der Waals surface area (Å²) in [5, 5.41) is 0. The normalized spacial score (nSPS) is 10.6. The summed E-state index contributed by atoms with van der Waals surface area (Å²) in [5.74, 6) is -0.210. The Labute approximate surface area is 110 Å². The molecule has 0 heterocycles. The molecule has 0 bridgehead atoms. The molecule has 1 amide bonds. The van der Waals surface area contributed by atoms with Gasteiger partial charge < -0.3 is 15.9 Å². The number of hydrogen-bond donors (Lipinski definition) is 1. The van der Waals surface area contributed by atoms with Crippen LogP contribution in [0.4, 0.5) is 0 Å². The van der Waals surface area contributed by atoms with Crippen molar-refractivity contribution in [1.82, 2.24) is 0 Å². The topological polar surface area (TPSA) is 92.5 Å². The molecule has 0 saturated heterocycles. The van der Waals surface area contributed by atoms with Crippen LogP contribution in [-0.2, 0) is 20.3 Å². The molecule has 14 heavy (non-hydrogen) atoms. The van der Waals surface area contributed by atoms with Gasteiger partial charge in [-0.25, -0.2) is 4.21 Å². The zero-order valence-electron chi connectivity index (χ0n) is 9.69. The van der Waals surface area contributed by atoms with Gasteiger partial charge in [-0.2, -0.15) is 0 Å². The van der Waals surface area contributed by atoms with E-state index in [1.165, 1.54) is 0 Å². The molecule has 0 aromatic rings. The van der Waals surface area contributed by atoms with Gasteiger partial charge in [-0.1, -0.05) is 20.4 Å². The van der Waals surface area contributed by atoms with Gasteiger partial charge in [0.15, 0.2) is 0 Å². The molecule has 7 heteroatoms. The van der Waals surface area contributed by atoms with E-state index in [4.69, 9.17) is 0 Å². The summed E-state index contributed by atoms with van der Waals surface area (Å²) in [4.78, 5) is 9.47. The molecule has 0 aliphatic carbocycles. The molecule has 0 saturated carbocycles. The van der Waals surface area contributed by atoms with Gasteiger partial charge in [0.1, 0.15) is 0 Å². The fourth-order valence-corrected chi connectivity index (χ4v) is 0.575. The largest absolute Gasteiger partial charge is 1.00 e. The molecule has 0 aliphatic rings. The van der Waals surface area contributed by atoms with Gasteiger partial charge >= 0.3 is 29.6 Å². The van der Waals surface area contributed by atoms with E-state index in [-0.39, 0.29) is 43.5 Å². The summed E-state index contributed by atoms with van der Waals surface area (Å²) in [7, 11) is 0. The molecule has 0 radical (unpaired) electrons. The Kier molecular flexibility index (Phi) is 18.8. The standard InChI is InChI=1S/C4H10O3S.C3H5NO.Na.H/c1-4(2)3-7-8(5)6;1-2-3(4)5;;/h4H,3H2,1-2H3,(H,5,6);2H,1H2,(H2,4,5);;/q;;+1;-1/p-1. The van der Waals surface area contributed by atoms with Crippen molar-refractivity contribution in [1.29, 1.82) is 0 Å². The minimum absolute atomic E-state index is 0. The molecule has 0 aromatic heterocycles. The van der Waals surface area contributed by atoms with Crippen molar-refractivity contribution < 1.29 is 48.7 Å². The van der Waals surface area contributed by atoms with Gasteiger partial charge in [0, 0.05) is 0 Å². The Balaban J connectivity index is -0.0000000770. The maximum Gasteiger partial charge on any atom is 1.00 e. The van der Waals surface area contributed by atoms with Crippen molar-refractivity contribution in [2.75, 3.05) is 6.61 Å². The van der Waals surface area contributed by atoms with Crippen LogP contribution in [-0.4, -0.2) is 21.3 Å². The summed E-state index contributed by atoms with van der Waals surface area (Å²) in [6.07, 6.45) is 1.06. The zero-order valence-corrected chi connectivity index (χ0v) is 11.5. The van der Waals surface area contributed by atoms with E-state index in [9.17, 15) is 13.6 Å². The second kappa shape index (κ2) is 13.3. The van der Waals surface area contributed by atoms with E-state index in [0.29, 0.717) is 0 Å². The average molecular weight is 232 g/mol. The van der Waals surface area contributed by atoms with Crippen LogP contribution in [0.15, 0.2) is 12.7 Å². The van der Waals surface area contributed by atoms with Gasteiger partial charge in [-0.3, -0.25) is 4.79 Å². The molecule has 5 nitrogen and oxygen atoms in total. The first kappa shape index (κ1) is 19.8. The Morgan fingerprint density at radius 3 is 2.21 bits per heavy atom. The van der Waals surface area contributed by atoms with Crippen molar-refractivity contribution in [2.24, 2.45) is 11.7 Å². The van der Waals surface area contributed by atoms with E-state index in [1.54, 1.807) is 0 Å². The molecule has 80 valence electrons. The Bertz CT molecular complexity index is 192. The fraction of sp³-hybridized carbons (Fsp3) is 0.571. The van der Waals surface area contributed by atoms with Crippen LogP contribution in [0.2, 0.25) is 0 Å². The SMILES string of the molecule is C=CC(N)=O.CC(C)COS(=O)[O-].[H-].[Na+]. The Morgan fingerprint density at radius 2 is 2.14 bits per heavy atom. The number of amides is 1. The fourth-order valence-electron chi connectivity index (χ4n) is 0.192. The molecule has 0 aliphatic heterocycles. The molecule has 0 rings (SSSR count). The van der Waals surface area contributed by atoms with Crippen molar-refractivity contribution in [3.05, 3.63) is 12.7 Å². The maximum atomic E-state index is 9.68. The van der Waals surface area contributed by atoms with Gasteiger partial charge in [0.2, 0.25) is 5.91 Å². The molecule has 1 unspecified atom stereocenters. The number of primary amides is 1. The van der Waals surface area contributed by atoms with Gasteiger partial charge in [0.05, 0.1) is 18.0 Å². The van der Waals surface area contributed by atoms with E-state index >= 15 is 0 Å². The monoisotopic (exact) mass is 232 g/mol. The first-order valence-corrected chi connectivity index (χ1v) is 4.54. The molecular formula is C7H15NNaO4S-. The summed E-state index contributed by atoms with van der Waals surface area (Å²) < 4.78 is 23.6. The zero-order chi connectivity index (χ0) is 10.9. The van der Waals surface area contributed by atoms with Crippen LogP contribution in [0.25, 0.3) is 0 Å². The first-order chi connectivity index (χ1) is 5.90. The average Bonchev–Trinajstić information content (AvgIpc) is 2.02. The van der Waals surface area contributed by atoms with Crippen LogP contribution >= 0.6 is 0 Å². The smallest absolute Gasteiger partial charge is 1.00 e. The number of rotatable bonds is 4. The number of carbonyl (C=O) groups is 1. The van der Waals surface area contributed by atoms with Crippen LogP contribution < -0.4 is 35.3 Å². The minimum Gasteiger partial charge on any atom is -1.00 e. The van der Waals surface area contributed by atoms with Crippen molar-refractivity contribution in [3.63, 3.8) is 0 Å². The summed E-state index contributed by atoms with van der Waals surface area (Å²) in [6, 6.07) is 0. The molecular weight excluding hydrogens is 217 g/mol. The predicted molar refractivity (Wildman–Crippen MR) is 50.2 cm³/mol. The van der Waals surface area contributed by atoms with Crippen molar-refractivity contribution in [3.8, 4) is 0 Å². The minimum atomic E-state index is -2.34. The maximum absolute atomic E-state index is 9.68. The van der Waals surface area contributed by atoms with E-state index in [2.05, 4.69) is 16.5 Å². The summed E-state index contributed by atoms with van der Waals surface area (Å²) in [6.45, 7) is 7.12. The predicted octanol–water partition coefficient (Wildman–Crippen LogP) is -2.77. The van der Waals surface area contributed by atoms with Crippen LogP contribution in [0.5, 0.6) is 0 Å². The Hall–Kier alpha value is 0.280. The third kappa shape index (κ3) is 29.5. The quantitative estimate of drug-likeness (QED) is 0.322. The van der Waals surface area contributed by atoms with Gasteiger partial charge in [-0.05, 0) is 12.0 Å². The third-order valence-electron chi connectivity index (χ3n) is 0.699. The van der Waals surface area contributed by atoms with E-state index in [0.717, 1.165) is 6.08 Å². The van der Waals surface area contributed by atoms with Gasteiger partial charge in [-0.15, -0.1) is 0 Å². The van der Waals surface area contributed by atoms with Crippen LogP contribution in [0, 0.1) is 5.92 Å². The summed E-state index contributed by atoms with van der Waals surface area (Å²) in [5.41, 5.74) is 4.53. The number of carbonyl (C=O) groups excluding carboxylic acids is 1. The Morgan fingerprint density at radius 1 is 1.79 bits per heavy atom. The molecule has 0 aromatic carbocycles. The number of nitrogens with two attached hydrogens (primary N) is 1. The van der Waals surface area contributed by atoms with Crippen LogP contribution in [0.1, 0.15) is 15.3 Å². The van der Waals surface area contributed by atoms with Crippen molar-refractivity contribution >= 4 is 17.3 Å². The van der Waals surface area contributed by atoms with Gasteiger partial charge in [0.25, 0.3) is 0 Å². The van der Waals surface area contributed by atoms with Crippen molar-refractivity contribution in [2.45, 2.75) is 13.8 Å². The molecule has 2 N–H and O–H groups in total. The molecule has 0 spiro atoms. The second-order valence-corrected chi connectivity index (χ2v) is 3.13. The summed E-state index contributed by atoms with van der Waals surface area (Å²) >= 11 is -2.34. The first-order valence-electron chi connectivity index (χ1n) is 3.54. The van der Waals surface area contributed by atoms with E-state index in [1.807, 2.05) is 13.8 Å². The third-order valence-corrected chi connectivity index (χ3v) is 1.03. The second-order valence-electron chi connectivity index (χ2n) is 2.49. The molecule has 1 atom stereocenters. The molecule has 0 fully saturated rings.